The summed E-state index contributed by atoms with van der Waals surface area (Å²) in [7, 11) is 2.04. The van der Waals surface area contributed by atoms with Crippen LogP contribution in [0.2, 0.25) is 0 Å². The van der Waals surface area contributed by atoms with Crippen LogP contribution in [-0.2, 0) is 0 Å². The molecule has 3 heterocycles. The van der Waals surface area contributed by atoms with Crippen molar-refractivity contribution in [3.8, 4) is 11.8 Å². The number of alkyl halides is 2. The number of carbonyl (C=O) groups is 1. The molecule has 1 aliphatic heterocycles. The van der Waals surface area contributed by atoms with E-state index < -0.39 is 5.92 Å². The third-order valence-corrected chi connectivity index (χ3v) is 5.56. The second-order valence-electron chi connectivity index (χ2n) is 7.70. The summed E-state index contributed by atoms with van der Waals surface area (Å²) in [6.45, 7) is 1.55. The average Bonchev–Trinajstić information content (AvgIpc) is 3.18. The Kier molecular flexibility index (Phi) is 5.44. The normalized spacial score (nSPS) is 22.1. The molecule has 1 aliphatic carbocycles. The lowest BCUT2D eigenvalue weighted by atomic mass is 9.92. The number of carbonyl (C=O) groups excluding carboxylic acids is 1. The maximum Gasteiger partial charge on any atom is 0.255 e. The van der Waals surface area contributed by atoms with Crippen LogP contribution >= 0.6 is 0 Å². The van der Waals surface area contributed by atoms with Crippen LogP contribution in [0.15, 0.2) is 18.3 Å². The van der Waals surface area contributed by atoms with Gasteiger partial charge < -0.3 is 10.1 Å². The van der Waals surface area contributed by atoms with Crippen molar-refractivity contribution in [3.05, 3.63) is 24.0 Å². The fourth-order valence-corrected chi connectivity index (χ4v) is 3.53. The van der Waals surface area contributed by atoms with Gasteiger partial charge in [-0.05, 0) is 38.9 Å². The lowest BCUT2D eigenvalue weighted by Gasteiger charge is -2.37. The number of nitrogens with one attached hydrogen (secondary N) is 1. The molecular weight excluding hydrogens is 382 g/mol. The van der Waals surface area contributed by atoms with Crippen LogP contribution in [0.5, 0.6) is 5.88 Å². The Labute approximate surface area is 167 Å². The second kappa shape index (κ2) is 8.02. The summed E-state index contributed by atoms with van der Waals surface area (Å²) in [5, 5.41) is 7.34. The zero-order chi connectivity index (χ0) is 20.4. The highest BCUT2D eigenvalue weighted by atomic mass is 19.3. The maximum atomic E-state index is 13.4. The van der Waals surface area contributed by atoms with Gasteiger partial charge in [-0.3, -0.25) is 9.69 Å². The van der Waals surface area contributed by atoms with Crippen molar-refractivity contribution in [3.63, 3.8) is 0 Å². The molecule has 2 aliphatic rings. The molecular formula is C19H24F2N6O2. The van der Waals surface area contributed by atoms with Gasteiger partial charge in [-0.25, -0.2) is 13.5 Å². The first-order chi connectivity index (χ1) is 13.9. The minimum Gasteiger partial charge on any atom is -0.476 e. The van der Waals surface area contributed by atoms with E-state index in [-0.39, 0.29) is 30.5 Å². The first-order valence-electron chi connectivity index (χ1n) is 9.79. The zero-order valence-electron chi connectivity index (χ0n) is 16.2. The zero-order valence-corrected chi connectivity index (χ0v) is 16.2. The molecule has 0 bridgehead atoms. The summed E-state index contributed by atoms with van der Waals surface area (Å²) in [5.74, 6) is -1.47. The van der Waals surface area contributed by atoms with Crippen molar-refractivity contribution >= 4 is 12.1 Å². The van der Waals surface area contributed by atoms with E-state index in [2.05, 4.69) is 25.3 Å². The largest absolute Gasteiger partial charge is 0.476 e. The highest BCUT2D eigenvalue weighted by molar-refractivity contribution is 5.71. The summed E-state index contributed by atoms with van der Waals surface area (Å²) >= 11 is 0. The number of aldehydes is 1. The second-order valence-corrected chi connectivity index (χ2v) is 7.70. The van der Waals surface area contributed by atoms with Crippen molar-refractivity contribution < 1.29 is 18.3 Å². The van der Waals surface area contributed by atoms with Crippen LogP contribution in [0.1, 0.15) is 42.6 Å². The third kappa shape index (κ3) is 4.69. The number of hydrogen-bond acceptors (Lipinski definition) is 7. The van der Waals surface area contributed by atoms with Gasteiger partial charge in [-0.1, -0.05) is 0 Å². The standard InChI is InChI=1S/C19H24F2N6O2/c1-26-8-5-15(26)12-29-17-10-16(22-13-2-6-19(20,21)7-3-13)23-18(24-17)27-9-4-14(11-28)25-27/h4,9-11,13,15H,2-3,5-8,12H2,1H3,(H,22,23,24). The number of likely N-dealkylation sites (tertiary alicyclic amines) is 1. The lowest BCUT2D eigenvalue weighted by Crippen LogP contribution is -2.48. The summed E-state index contributed by atoms with van der Waals surface area (Å²) < 4.78 is 34.1. The first-order valence-corrected chi connectivity index (χ1v) is 9.79. The quantitative estimate of drug-likeness (QED) is 0.708. The number of anilines is 1. The van der Waals surface area contributed by atoms with Crippen LogP contribution in [0.3, 0.4) is 0 Å². The molecule has 1 unspecified atom stereocenters. The molecule has 156 valence electrons. The molecule has 2 aromatic heterocycles. The fraction of sp³-hybridized carbons (Fsp3) is 0.579. The van der Waals surface area contributed by atoms with E-state index in [1.165, 1.54) is 4.68 Å². The molecule has 0 radical (unpaired) electrons. The molecule has 29 heavy (non-hydrogen) atoms. The van der Waals surface area contributed by atoms with E-state index in [1.807, 2.05) is 7.05 Å². The SMILES string of the molecule is CN1CCC1COc1cc(NC2CCC(F)(F)CC2)nc(-n2ccc(C=O)n2)n1. The third-order valence-electron chi connectivity index (χ3n) is 5.56. The van der Waals surface area contributed by atoms with Crippen molar-refractivity contribution in [2.24, 2.45) is 0 Å². The number of halogens is 2. The summed E-state index contributed by atoms with van der Waals surface area (Å²) in [6, 6.07) is 3.49. The van der Waals surface area contributed by atoms with Gasteiger partial charge in [-0.15, -0.1) is 0 Å². The van der Waals surface area contributed by atoms with Crippen LogP contribution in [0, 0.1) is 0 Å². The van der Waals surface area contributed by atoms with E-state index in [4.69, 9.17) is 4.74 Å². The highest BCUT2D eigenvalue weighted by Gasteiger charge is 2.35. The Hall–Kier alpha value is -2.62. The molecule has 1 saturated carbocycles. The predicted octanol–water partition coefficient (Wildman–Crippen LogP) is 2.55. The van der Waals surface area contributed by atoms with Gasteiger partial charge in [0.2, 0.25) is 11.8 Å². The van der Waals surface area contributed by atoms with E-state index >= 15 is 0 Å². The highest BCUT2D eigenvalue weighted by Crippen LogP contribution is 2.34. The number of hydrogen-bond donors (Lipinski definition) is 1. The van der Waals surface area contributed by atoms with E-state index in [0.717, 1.165) is 13.0 Å². The van der Waals surface area contributed by atoms with Crippen LogP contribution < -0.4 is 10.1 Å². The molecule has 1 atom stereocenters. The van der Waals surface area contributed by atoms with E-state index in [0.29, 0.717) is 43.5 Å². The number of nitrogens with zero attached hydrogens (tertiary/aromatic N) is 5. The van der Waals surface area contributed by atoms with Crippen molar-refractivity contribution in [1.29, 1.82) is 0 Å². The maximum absolute atomic E-state index is 13.4. The number of likely N-dealkylation sites (N-methyl/N-ethyl adjacent to an activating group) is 1. The molecule has 0 aromatic carbocycles. The molecule has 2 aromatic rings. The van der Waals surface area contributed by atoms with Gasteiger partial charge >= 0.3 is 0 Å². The van der Waals surface area contributed by atoms with E-state index in [9.17, 15) is 13.6 Å². The Morgan fingerprint density at radius 1 is 1.31 bits per heavy atom. The Bertz CT molecular complexity index is 864. The monoisotopic (exact) mass is 406 g/mol. The number of rotatable bonds is 7. The fourth-order valence-electron chi connectivity index (χ4n) is 3.53. The van der Waals surface area contributed by atoms with Gasteiger partial charge in [0.15, 0.2) is 6.29 Å². The van der Waals surface area contributed by atoms with Gasteiger partial charge in [0.1, 0.15) is 18.1 Å². The molecule has 10 heteroatoms. The van der Waals surface area contributed by atoms with Crippen molar-refractivity contribution in [2.45, 2.75) is 50.1 Å². The minimum atomic E-state index is -2.58. The minimum absolute atomic E-state index is 0.0915. The van der Waals surface area contributed by atoms with Gasteiger partial charge in [0.05, 0.1) is 0 Å². The van der Waals surface area contributed by atoms with Gasteiger partial charge in [0.25, 0.3) is 5.95 Å². The Balaban J connectivity index is 1.53. The molecule has 0 amide bonds. The number of aromatic nitrogens is 4. The van der Waals surface area contributed by atoms with Crippen LogP contribution in [-0.4, -0.2) is 69.1 Å². The Morgan fingerprint density at radius 2 is 2.10 bits per heavy atom. The molecule has 8 nitrogen and oxygen atoms in total. The molecule has 0 spiro atoms. The van der Waals surface area contributed by atoms with Gasteiger partial charge in [0, 0.05) is 37.2 Å². The predicted molar refractivity (Wildman–Crippen MR) is 102 cm³/mol. The van der Waals surface area contributed by atoms with Crippen molar-refractivity contribution in [1.82, 2.24) is 24.6 Å². The lowest BCUT2D eigenvalue weighted by molar-refractivity contribution is -0.0361. The summed E-state index contributed by atoms with van der Waals surface area (Å²) in [4.78, 5) is 22.0. The molecule has 2 fully saturated rings. The summed E-state index contributed by atoms with van der Waals surface area (Å²) in [6.07, 6.45) is 3.76. The topological polar surface area (TPSA) is 85.2 Å². The van der Waals surface area contributed by atoms with Crippen LogP contribution in [0.4, 0.5) is 14.6 Å². The van der Waals surface area contributed by atoms with E-state index in [1.54, 1.807) is 18.3 Å². The molecule has 1 saturated heterocycles. The number of ether oxygens (including phenoxy) is 1. The van der Waals surface area contributed by atoms with Gasteiger partial charge in [-0.2, -0.15) is 15.1 Å². The summed E-state index contributed by atoms with van der Waals surface area (Å²) in [5.41, 5.74) is 0.264. The molecule has 1 N–H and O–H groups in total. The average molecular weight is 406 g/mol. The molecule has 4 rings (SSSR count). The first kappa shape index (κ1) is 19.7. The van der Waals surface area contributed by atoms with Crippen LogP contribution in [0.25, 0.3) is 5.95 Å². The Morgan fingerprint density at radius 3 is 2.72 bits per heavy atom. The smallest absolute Gasteiger partial charge is 0.255 e. The van der Waals surface area contributed by atoms with Crippen molar-refractivity contribution in [2.75, 3.05) is 25.5 Å².